The van der Waals surface area contributed by atoms with Crippen LogP contribution in [0.5, 0.6) is 0 Å². The summed E-state index contributed by atoms with van der Waals surface area (Å²) in [6.45, 7) is 0. The van der Waals surface area contributed by atoms with E-state index in [-0.39, 0.29) is 23.3 Å². The molecular weight excluding hydrogens is 309 g/mol. The van der Waals surface area contributed by atoms with Crippen molar-refractivity contribution in [3.8, 4) is 0 Å². The van der Waals surface area contributed by atoms with Gasteiger partial charge >= 0.3 is 0 Å². The maximum Gasteiger partial charge on any atom is 0.274 e. The number of nitrogens with one attached hydrogen (secondary N) is 2. The van der Waals surface area contributed by atoms with E-state index in [1.807, 2.05) is 0 Å². The molecule has 1 saturated carbocycles. The van der Waals surface area contributed by atoms with Crippen LogP contribution in [0.25, 0.3) is 0 Å². The highest BCUT2D eigenvalue weighted by atomic mass is 19.1. The number of halogens is 1. The monoisotopic (exact) mass is 327 g/mol. The lowest BCUT2D eigenvalue weighted by molar-refractivity contribution is 0.0932. The molecule has 0 atom stereocenters. The van der Waals surface area contributed by atoms with Gasteiger partial charge in [-0.1, -0.05) is 25.0 Å². The third-order valence-electron chi connectivity index (χ3n) is 3.99. The molecule has 1 aliphatic rings. The Labute approximate surface area is 139 Å². The Morgan fingerprint density at radius 1 is 1.00 bits per heavy atom. The van der Waals surface area contributed by atoms with Gasteiger partial charge < -0.3 is 10.6 Å². The number of hydrogen-bond acceptors (Lipinski definition) is 3. The summed E-state index contributed by atoms with van der Waals surface area (Å²) in [5.74, 6) is -1.20. The number of benzene rings is 1. The van der Waals surface area contributed by atoms with E-state index in [4.69, 9.17) is 0 Å². The minimum Gasteiger partial charge on any atom is -0.348 e. The van der Waals surface area contributed by atoms with Crippen LogP contribution in [0.2, 0.25) is 0 Å². The van der Waals surface area contributed by atoms with Gasteiger partial charge in [0.1, 0.15) is 17.2 Å². The quantitative estimate of drug-likeness (QED) is 0.906. The van der Waals surface area contributed by atoms with Crippen molar-refractivity contribution in [3.05, 3.63) is 59.7 Å². The van der Waals surface area contributed by atoms with Crippen molar-refractivity contribution >= 4 is 17.5 Å². The molecule has 5 nitrogen and oxygen atoms in total. The number of rotatable bonds is 4. The van der Waals surface area contributed by atoms with Gasteiger partial charge in [0.15, 0.2) is 0 Å². The highest BCUT2D eigenvalue weighted by Crippen LogP contribution is 2.18. The molecule has 6 heteroatoms. The van der Waals surface area contributed by atoms with E-state index >= 15 is 0 Å². The molecule has 0 unspecified atom stereocenters. The van der Waals surface area contributed by atoms with Gasteiger partial charge in [0.05, 0.1) is 0 Å². The van der Waals surface area contributed by atoms with Crippen molar-refractivity contribution in [2.45, 2.75) is 31.7 Å². The number of carbonyl (C=O) groups excluding carboxylic acids is 2. The topological polar surface area (TPSA) is 71.1 Å². The van der Waals surface area contributed by atoms with Crippen molar-refractivity contribution in [1.82, 2.24) is 10.3 Å². The Morgan fingerprint density at radius 2 is 1.67 bits per heavy atom. The lowest BCUT2D eigenvalue weighted by Crippen LogP contribution is -2.33. The van der Waals surface area contributed by atoms with Gasteiger partial charge in [-0.25, -0.2) is 9.37 Å². The third-order valence-corrected chi connectivity index (χ3v) is 3.99. The van der Waals surface area contributed by atoms with E-state index in [1.54, 1.807) is 18.2 Å². The lowest BCUT2D eigenvalue weighted by Gasteiger charge is -2.12. The SMILES string of the molecule is O=C(Nc1cccc(F)c1)c1cccc(C(=O)NC2CCCC2)n1. The number of carbonyl (C=O) groups is 2. The average molecular weight is 327 g/mol. The predicted molar refractivity (Wildman–Crippen MR) is 88.3 cm³/mol. The Balaban J connectivity index is 1.69. The highest BCUT2D eigenvalue weighted by molar-refractivity contribution is 6.03. The van der Waals surface area contributed by atoms with E-state index in [2.05, 4.69) is 15.6 Å². The van der Waals surface area contributed by atoms with Crippen LogP contribution in [0, 0.1) is 5.82 Å². The molecule has 2 amide bonds. The molecule has 2 aromatic rings. The van der Waals surface area contributed by atoms with Gasteiger partial charge in [0, 0.05) is 11.7 Å². The minimum absolute atomic E-state index is 0.110. The molecule has 0 bridgehead atoms. The van der Waals surface area contributed by atoms with E-state index in [1.165, 1.54) is 24.3 Å². The molecule has 1 aliphatic carbocycles. The van der Waals surface area contributed by atoms with Crippen molar-refractivity contribution in [2.24, 2.45) is 0 Å². The first kappa shape index (κ1) is 16.1. The lowest BCUT2D eigenvalue weighted by atomic mass is 10.2. The number of aromatic nitrogens is 1. The average Bonchev–Trinajstić information content (AvgIpc) is 3.08. The molecule has 3 rings (SSSR count). The summed E-state index contributed by atoms with van der Waals surface area (Å²) in [5.41, 5.74) is 0.648. The van der Waals surface area contributed by atoms with Gasteiger partial charge in [-0.2, -0.15) is 0 Å². The van der Waals surface area contributed by atoms with Gasteiger partial charge in [0.2, 0.25) is 0 Å². The van der Waals surface area contributed by atoms with Crippen LogP contribution < -0.4 is 10.6 Å². The van der Waals surface area contributed by atoms with Crippen LogP contribution in [0.3, 0.4) is 0 Å². The summed E-state index contributed by atoms with van der Waals surface area (Å²) in [4.78, 5) is 28.6. The second-order valence-corrected chi connectivity index (χ2v) is 5.83. The second kappa shape index (κ2) is 7.21. The second-order valence-electron chi connectivity index (χ2n) is 5.83. The fourth-order valence-electron chi connectivity index (χ4n) is 2.78. The summed E-state index contributed by atoms with van der Waals surface area (Å²) < 4.78 is 13.2. The molecule has 1 aromatic carbocycles. The van der Waals surface area contributed by atoms with Crippen LogP contribution in [0.4, 0.5) is 10.1 Å². The Morgan fingerprint density at radius 3 is 2.38 bits per heavy atom. The Kier molecular flexibility index (Phi) is 4.84. The molecule has 0 aliphatic heterocycles. The standard InChI is InChI=1S/C18H18FN3O2/c19-12-5-3-8-14(11-12)21-18(24)16-10-4-9-15(22-16)17(23)20-13-6-1-2-7-13/h3-5,8-11,13H,1-2,6-7H2,(H,20,23)(H,21,24). The molecule has 0 radical (unpaired) electrons. The van der Waals surface area contributed by atoms with Crippen molar-refractivity contribution in [3.63, 3.8) is 0 Å². The summed E-state index contributed by atoms with van der Waals surface area (Å²) >= 11 is 0. The molecule has 124 valence electrons. The first-order valence-corrected chi connectivity index (χ1v) is 7.96. The molecule has 2 N–H and O–H groups in total. The molecular formula is C18H18FN3O2. The summed E-state index contributed by atoms with van der Waals surface area (Å²) in [6, 6.07) is 10.5. The largest absolute Gasteiger partial charge is 0.348 e. The van der Waals surface area contributed by atoms with Gasteiger partial charge in [-0.3, -0.25) is 9.59 Å². The first-order valence-electron chi connectivity index (χ1n) is 7.96. The zero-order chi connectivity index (χ0) is 16.9. The number of hydrogen-bond donors (Lipinski definition) is 2. The number of anilines is 1. The first-order chi connectivity index (χ1) is 11.6. The Bertz CT molecular complexity index is 757. The fourth-order valence-corrected chi connectivity index (χ4v) is 2.78. The van der Waals surface area contributed by atoms with Crippen LogP contribution >= 0.6 is 0 Å². The molecule has 1 heterocycles. The van der Waals surface area contributed by atoms with Crippen molar-refractivity contribution in [2.75, 3.05) is 5.32 Å². The van der Waals surface area contributed by atoms with Crippen LogP contribution in [0.1, 0.15) is 46.7 Å². The van der Waals surface area contributed by atoms with E-state index in [0.717, 1.165) is 25.7 Å². The maximum atomic E-state index is 13.2. The highest BCUT2D eigenvalue weighted by Gasteiger charge is 2.19. The van der Waals surface area contributed by atoms with Gasteiger partial charge in [0.25, 0.3) is 11.8 Å². The Hall–Kier alpha value is -2.76. The molecule has 24 heavy (non-hydrogen) atoms. The smallest absolute Gasteiger partial charge is 0.274 e. The molecule has 0 saturated heterocycles. The van der Waals surface area contributed by atoms with E-state index in [0.29, 0.717) is 5.69 Å². The van der Waals surface area contributed by atoms with Crippen LogP contribution in [-0.2, 0) is 0 Å². The molecule has 1 aromatic heterocycles. The zero-order valence-electron chi connectivity index (χ0n) is 13.1. The van der Waals surface area contributed by atoms with Crippen LogP contribution in [0.15, 0.2) is 42.5 Å². The summed E-state index contributed by atoms with van der Waals surface area (Å²) in [6.07, 6.45) is 4.19. The molecule has 1 fully saturated rings. The zero-order valence-corrected chi connectivity index (χ0v) is 13.1. The predicted octanol–water partition coefficient (Wildman–Crippen LogP) is 3.15. The van der Waals surface area contributed by atoms with Gasteiger partial charge in [-0.15, -0.1) is 0 Å². The normalized spacial score (nSPS) is 14.4. The van der Waals surface area contributed by atoms with Gasteiger partial charge in [-0.05, 0) is 43.2 Å². The third kappa shape index (κ3) is 3.95. The minimum atomic E-state index is -0.490. The summed E-state index contributed by atoms with van der Waals surface area (Å²) in [7, 11) is 0. The number of nitrogens with zero attached hydrogens (tertiary/aromatic N) is 1. The maximum absolute atomic E-state index is 13.2. The number of pyridine rings is 1. The fraction of sp³-hybridized carbons (Fsp3) is 0.278. The molecule has 0 spiro atoms. The van der Waals surface area contributed by atoms with Crippen molar-refractivity contribution < 1.29 is 14.0 Å². The van der Waals surface area contributed by atoms with Crippen molar-refractivity contribution in [1.29, 1.82) is 0 Å². The van der Waals surface area contributed by atoms with E-state index < -0.39 is 11.7 Å². The van der Waals surface area contributed by atoms with Crippen LogP contribution in [-0.4, -0.2) is 22.8 Å². The number of amides is 2. The van der Waals surface area contributed by atoms with E-state index in [9.17, 15) is 14.0 Å². The summed E-state index contributed by atoms with van der Waals surface area (Å²) in [5, 5.41) is 5.50.